The Morgan fingerprint density at radius 2 is 1.72 bits per heavy atom. The summed E-state index contributed by atoms with van der Waals surface area (Å²) in [6.45, 7) is 0.457. The van der Waals surface area contributed by atoms with E-state index in [9.17, 15) is 19.8 Å². The Morgan fingerprint density at radius 1 is 1.03 bits per heavy atom. The molecule has 0 radical (unpaired) electrons. The number of amides is 1. The Hall–Kier alpha value is -2.44. The number of hydrogen-bond acceptors (Lipinski definition) is 5. The molecule has 7 nitrogen and oxygen atoms in total. The Morgan fingerprint density at radius 3 is 2.34 bits per heavy atom. The number of carboxylic acids is 1. The van der Waals surface area contributed by atoms with E-state index >= 15 is 0 Å². The summed E-state index contributed by atoms with van der Waals surface area (Å²) >= 11 is 0. The Bertz CT molecular complexity index is 743. The van der Waals surface area contributed by atoms with Crippen molar-refractivity contribution >= 4 is 11.9 Å². The molecule has 2 unspecified atom stereocenters. The van der Waals surface area contributed by atoms with Gasteiger partial charge in [-0.05, 0) is 55.7 Å². The molecular weight excluding hydrogens is 374 g/mol. The van der Waals surface area contributed by atoms with Gasteiger partial charge in [-0.25, -0.2) is 4.79 Å². The number of likely N-dealkylation sites (tertiary alicyclic amines) is 1. The lowest BCUT2D eigenvalue weighted by molar-refractivity contribution is -0.153. The predicted octanol–water partition coefficient (Wildman–Crippen LogP) is 3.54. The fourth-order valence-corrected chi connectivity index (χ4v) is 4.86. The van der Waals surface area contributed by atoms with Gasteiger partial charge in [0.1, 0.15) is 6.04 Å². The van der Waals surface area contributed by atoms with Crippen molar-refractivity contribution in [2.45, 2.75) is 63.3 Å². The number of rotatable bonds is 6. The molecule has 160 valence electrons. The molecule has 2 aliphatic rings. The van der Waals surface area contributed by atoms with Gasteiger partial charge in [0.25, 0.3) is 0 Å². The summed E-state index contributed by atoms with van der Waals surface area (Å²) in [5.74, 6) is -0.974. The normalized spacial score (nSPS) is 21.4. The number of piperidine rings is 1. The molecule has 7 heteroatoms. The highest BCUT2D eigenvalue weighted by atomic mass is 16.5. The highest BCUT2D eigenvalue weighted by Gasteiger charge is 2.40. The highest BCUT2D eigenvalue weighted by Crippen LogP contribution is 2.44. The molecule has 1 aromatic rings. The molecule has 1 saturated carbocycles. The molecule has 1 aromatic carbocycles. The van der Waals surface area contributed by atoms with Crippen LogP contribution in [0.5, 0.6) is 17.2 Å². The van der Waals surface area contributed by atoms with Crippen LogP contribution in [0.1, 0.15) is 62.8 Å². The second-order valence-electron chi connectivity index (χ2n) is 8.03. The topological polar surface area (TPSA) is 96.3 Å². The van der Waals surface area contributed by atoms with Gasteiger partial charge >= 0.3 is 5.97 Å². The zero-order chi connectivity index (χ0) is 21.0. The summed E-state index contributed by atoms with van der Waals surface area (Å²) in [7, 11) is 2.94. The van der Waals surface area contributed by atoms with Crippen LogP contribution in [0.25, 0.3) is 0 Å². The smallest absolute Gasteiger partial charge is 0.326 e. The third-order valence-electron chi connectivity index (χ3n) is 6.30. The second kappa shape index (κ2) is 9.37. The van der Waals surface area contributed by atoms with Crippen LogP contribution in [-0.2, 0) is 9.59 Å². The molecule has 1 aliphatic carbocycles. The van der Waals surface area contributed by atoms with Crippen molar-refractivity contribution in [3.63, 3.8) is 0 Å². The number of hydrogen-bond donors (Lipinski definition) is 2. The van der Waals surface area contributed by atoms with Crippen LogP contribution in [0.15, 0.2) is 12.1 Å². The summed E-state index contributed by atoms with van der Waals surface area (Å²) in [5, 5.41) is 20.1. The molecule has 2 atom stereocenters. The van der Waals surface area contributed by atoms with E-state index in [2.05, 4.69) is 0 Å². The molecule has 2 N–H and O–H groups in total. The van der Waals surface area contributed by atoms with Gasteiger partial charge in [-0.1, -0.05) is 19.3 Å². The van der Waals surface area contributed by atoms with Gasteiger partial charge in [-0.15, -0.1) is 0 Å². The molecule has 3 rings (SSSR count). The maximum absolute atomic E-state index is 13.7. The average Bonchev–Trinajstić information content (AvgIpc) is 2.74. The van der Waals surface area contributed by atoms with Crippen LogP contribution in [0.2, 0.25) is 0 Å². The molecule has 1 amide bonds. The molecule has 0 bridgehead atoms. The monoisotopic (exact) mass is 405 g/mol. The minimum Gasteiger partial charge on any atom is -0.504 e. The van der Waals surface area contributed by atoms with Crippen molar-refractivity contribution in [1.82, 2.24) is 4.90 Å². The Balaban J connectivity index is 2.02. The molecule has 1 saturated heterocycles. The summed E-state index contributed by atoms with van der Waals surface area (Å²) < 4.78 is 10.6. The van der Waals surface area contributed by atoms with E-state index < -0.39 is 17.9 Å². The van der Waals surface area contributed by atoms with Crippen molar-refractivity contribution in [1.29, 1.82) is 0 Å². The standard InChI is InChI=1S/C22H31NO6/c1-28-18-13-15(12-17(24)20(18)29-2)19(14-8-4-3-5-9-14)21(25)23-11-7-6-10-16(23)22(26)27/h12-14,16,19,24H,3-11H2,1-2H3,(H,26,27). The molecule has 0 aromatic heterocycles. The number of aliphatic carboxylic acids is 1. The zero-order valence-corrected chi connectivity index (χ0v) is 17.2. The molecule has 2 fully saturated rings. The van der Waals surface area contributed by atoms with Gasteiger partial charge in [0.05, 0.1) is 20.1 Å². The number of nitrogens with zero attached hydrogens (tertiary/aromatic N) is 1. The molecule has 1 heterocycles. The first-order valence-electron chi connectivity index (χ1n) is 10.5. The van der Waals surface area contributed by atoms with Crippen LogP contribution in [0.3, 0.4) is 0 Å². The van der Waals surface area contributed by atoms with Crippen molar-refractivity contribution in [2.24, 2.45) is 5.92 Å². The summed E-state index contributed by atoms with van der Waals surface area (Å²) in [5.41, 5.74) is 0.659. The first-order chi connectivity index (χ1) is 14.0. The van der Waals surface area contributed by atoms with Crippen molar-refractivity contribution in [3.05, 3.63) is 17.7 Å². The van der Waals surface area contributed by atoms with E-state index in [1.54, 1.807) is 17.0 Å². The van der Waals surface area contributed by atoms with Gasteiger partial charge in [0.2, 0.25) is 11.7 Å². The Kier molecular flexibility index (Phi) is 6.87. The lowest BCUT2D eigenvalue weighted by Gasteiger charge is -2.38. The number of methoxy groups -OCH3 is 2. The number of benzene rings is 1. The number of carbonyl (C=O) groups is 2. The van der Waals surface area contributed by atoms with Gasteiger partial charge in [-0.2, -0.15) is 0 Å². The maximum Gasteiger partial charge on any atom is 0.326 e. The minimum atomic E-state index is -0.949. The van der Waals surface area contributed by atoms with Crippen molar-refractivity contribution in [3.8, 4) is 17.2 Å². The molecule has 1 aliphatic heterocycles. The van der Waals surface area contributed by atoms with Gasteiger partial charge in [0.15, 0.2) is 11.5 Å². The third-order valence-corrected chi connectivity index (χ3v) is 6.30. The first-order valence-corrected chi connectivity index (χ1v) is 10.5. The molecular formula is C22H31NO6. The maximum atomic E-state index is 13.7. The van der Waals surface area contributed by atoms with E-state index in [0.717, 1.165) is 44.9 Å². The highest BCUT2D eigenvalue weighted by molar-refractivity contribution is 5.89. The summed E-state index contributed by atoms with van der Waals surface area (Å²) in [4.78, 5) is 27.0. The molecule has 29 heavy (non-hydrogen) atoms. The third kappa shape index (κ3) is 4.43. The lowest BCUT2D eigenvalue weighted by Crippen LogP contribution is -2.50. The van der Waals surface area contributed by atoms with E-state index in [-0.39, 0.29) is 23.3 Å². The summed E-state index contributed by atoms with van der Waals surface area (Å²) in [6.07, 6.45) is 7.18. The SMILES string of the molecule is COc1cc(C(C(=O)N2CCCCC2C(=O)O)C2CCCCC2)cc(O)c1OC. The molecule has 0 spiro atoms. The summed E-state index contributed by atoms with van der Waals surface area (Å²) in [6, 6.07) is 2.53. The van der Waals surface area contributed by atoms with Crippen molar-refractivity contribution < 1.29 is 29.3 Å². The number of carbonyl (C=O) groups excluding carboxylic acids is 1. The number of aromatic hydroxyl groups is 1. The van der Waals surface area contributed by atoms with Crippen molar-refractivity contribution in [2.75, 3.05) is 20.8 Å². The van der Waals surface area contributed by atoms with Gasteiger partial charge < -0.3 is 24.6 Å². The largest absolute Gasteiger partial charge is 0.504 e. The fraction of sp³-hybridized carbons (Fsp3) is 0.636. The van der Waals surface area contributed by atoms with Gasteiger partial charge in [-0.3, -0.25) is 4.79 Å². The van der Waals surface area contributed by atoms with Crippen LogP contribution in [0, 0.1) is 5.92 Å². The number of phenols is 1. The zero-order valence-electron chi connectivity index (χ0n) is 17.2. The predicted molar refractivity (Wildman–Crippen MR) is 108 cm³/mol. The van der Waals surface area contributed by atoms with Crippen LogP contribution in [0.4, 0.5) is 0 Å². The van der Waals surface area contributed by atoms with Crippen LogP contribution < -0.4 is 9.47 Å². The lowest BCUT2D eigenvalue weighted by atomic mass is 9.75. The van der Waals surface area contributed by atoms with Crippen LogP contribution >= 0.6 is 0 Å². The number of ether oxygens (including phenoxy) is 2. The first kappa shape index (κ1) is 21.3. The fourth-order valence-electron chi connectivity index (χ4n) is 4.86. The van der Waals surface area contributed by atoms with E-state index in [0.29, 0.717) is 24.3 Å². The minimum absolute atomic E-state index is 0.0797. The quantitative estimate of drug-likeness (QED) is 0.751. The van der Waals surface area contributed by atoms with Crippen LogP contribution in [-0.4, -0.2) is 53.8 Å². The van der Waals surface area contributed by atoms with E-state index in [1.165, 1.54) is 14.2 Å². The van der Waals surface area contributed by atoms with Gasteiger partial charge in [0, 0.05) is 6.54 Å². The second-order valence-corrected chi connectivity index (χ2v) is 8.03. The van der Waals surface area contributed by atoms with E-state index in [1.807, 2.05) is 0 Å². The average molecular weight is 405 g/mol. The Labute approximate surface area is 171 Å². The van der Waals surface area contributed by atoms with E-state index in [4.69, 9.17) is 9.47 Å². The number of carboxylic acid groups (broad SMARTS) is 1. The number of phenolic OH excluding ortho intramolecular Hbond substituents is 1.